The van der Waals surface area contributed by atoms with Crippen molar-refractivity contribution in [2.24, 2.45) is 7.05 Å². The average molecular weight is 230 g/mol. The van der Waals surface area contributed by atoms with Crippen molar-refractivity contribution < 1.29 is 5.11 Å². The van der Waals surface area contributed by atoms with E-state index in [1.165, 1.54) is 5.56 Å². The number of aliphatic hydroxyl groups is 1. The zero-order chi connectivity index (χ0) is 12.4. The highest BCUT2D eigenvalue weighted by Gasteiger charge is 2.15. The minimum atomic E-state index is -0.588. The summed E-state index contributed by atoms with van der Waals surface area (Å²) >= 11 is 0. The lowest BCUT2D eigenvalue weighted by atomic mass is 10.00. The van der Waals surface area contributed by atoms with Gasteiger partial charge in [-0.25, -0.2) is 0 Å². The summed E-state index contributed by atoms with van der Waals surface area (Å²) in [6.07, 6.45) is 2.26. The third-order valence-electron chi connectivity index (χ3n) is 3.02. The summed E-state index contributed by atoms with van der Waals surface area (Å²) in [5.41, 5.74) is 3.92. The van der Waals surface area contributed by atoms with Crippen LogP contribution in [0.25, 0.3) is 0 Å². The Morgan fingerprint density at radius 3 is 2.76 bits per heavy atom. The van der Waals surface area contributed by atoms with Crippen LogP contribution in [0.15, 0.2) is 30.5 Å². The SMILES string of the molecule is CCc1cccc(C(O)c2cn(C)nc2C)c1. The molecule has 0 aliphatic rings. The first-order chi connectivity index (χ1) is 8.11. The number of aryl methyl sites for hydroxylation is 3. The summed E-state index contributed by atoms with van der Waals surface area (Å²) in [6.45, 7) is 4.03. The number of hydrogen-bond acceptors (Lipinski definition) is 2. The molecule has 1 heterocycles. The molecule has 0 bridgehead atoms. The van der Waals surface area contributed by atoms with Crippen molar-refractivity contribution in [3.63, 3.8) is 0 Å². The molecular weight excluding hydrogens is 212 g/mol. The first kappa shape index (κ1) is 11.9. The Bertz CT molecular complexity index is 517. The van der Waals surface area contributed by atoms with Crippen molar-refractivity contribution in [2.45, 2.75) is 26.4 Å². The van der Waals surface area contributed by atoms with Crippen LogP contribution >= 0.6 is 0 Å². The van der Waals surface area contributed by atoms with Gasteiger partial charge in [0.15, 0.2) is 0 Å². The standard InChI is InChI=1S/C14H18N2O/c1-4-11-6-5-7-12(8-11)14(17)13-9-16(3)15-10(13)2/h5-9,14,17H,4H2,1-3H3. The summed E-state index contributed by atoms with van der Waals surface area (Å²) in [5.74, 6) is 0. The number of hydrogen-bond donors (Lipinski definition) is 1. The van der Waals surface area contributed by atoms with Crippen LogP contribution in [0.5, 0.6) is 0 Å². The zero-order valence-electron chi connectivity index (χ0n) is 10.5. The first-order valence-electron chi connectivity index (χ1n) is 5.89. The predicted octanol–water partition coefficient (Wildman–Crippen LogP) is 2.37. The second-order valence-corrected chi connectivity index (χ2v) is 4.34. The fraction of sp³-hybridized carbons (Fsp3) is 0.357. The normalized spacial score (nSPS) is 12.7. The van der Waals surface area contributed by atoms with Crippen LogP contribution in [-0.4, -0.2) is 14.9 Å². The molecule has 3 heteroatoms. The smallest absolute Gasteiger partial charge is 0.107 e. The highest BCUT2D eigenvalue weighted by molar-refractivity contribution is 5.33. The van der Waals surface area contributed by atoms with E-state index >= 15 is 0 Å². The van der Waals surface area contributed by atoms with Crippen LogP contribution in [0.2, 0.25) is 0 Å². The van der Waals surface area contributed by atoms with Crippen LogP contribution in [0.3, 0.4) is 0 Å². The van der Waals surface area contributed by atoms with Crippen molar-refractivity contribution in [3.05, 3.63) is 52.8 Å². The Labute approximate surface area is 102 Å². The van der Waals surface area contributed by atoms with E-state index in [1.54, 1.807) is 4.68 Å². The van der Waals surface area contributed by atoms with Gasteiger partial charge in [-0.15, -0.1) is 0 Å². The molecule has 1 unspecified atom stereocenters. The minimum Gasteiger partial charge on any atom is -0.384 e. The van der Waals surface area contributed by atoms with Crippen LogP contribution in [0.1, 0.15) is 35.4 Å². The van der Waals surface area contributed by atoms with E-state index in [2.05, 4.69) is 24.2 Å². The van der Waals surface area contributed by atoms with E-state index in [0.717, 1.165) is 23.2 Å². The summed E-state index contributed by atoms with van der Waals surface area (Å²) in [4.78, 5) is 0. The van der Waals surface area contributed by atoms with Gasteiger partial charge < -0.3 is 5.11 Å². The van der Waals surface area contributed by atoms with Gasteiger partial charge in [0.25, 0.3) is 0 Å². The zero-order valence-corrected chi connectivity index (χ0v) is 10.5. The summed E-state index contributed by atoms with van der Waals surface area (Å²) in [5, 5.41) is 14.6. The maximum atomic E-state index is 10.4. The van der Waals surface area contributed by atoms with Crippen molar-refractivity contribution in [2.75, 3.05) is 0 Å². The van der Waals surface area contributed by atoms with Crippen LogP contribution < -0.4 is 0 Å². The van der Waals surface area contributed by atoms with E-state index in [0.29, 0.717) is 0 Å². The molecule has 0 fully saturated rings. The Morgan fingerprint density at radius 2 is 2.18 bits per heavy atom. The molecule has 0 spiro atoms. The van der Waals surface area contributed by atoms with Gasteiger partial charge >= 0.3 is 0 Å². The molecule has 17 heavy (non-hydrogen) atoms. The topological polar surface area (TPSA) is 38.0 Å². The first-order valence-corrected chi connectivity index (χ1v) is 5.89. The van der Waals surface area contributed by atoms with Crippen molar-refractivity contribution in [1.82, 2.24) is 9.78 Å². The van der Waals surface area contributed by atoms with Gasteiger partial charge in [-0.05, 0) is 24.5 Å². The van der Waals surface area contributed by atoms with E-state index < -0.39 is 6.10 Å². The van der Waals surface area contributed by atoms with Gasteiger partial charge in [0.1, 0.15) is 6.10 Å². The largest absolute Gasteiger partial charge is 0.384 e. The fourth-order valence-corrected chi connectivity index (χ4v) is 2.05. The third kappa shape index (κ3) is 2.39. The molecule has 3 nitrogen and oxygen atoms in total. The predicted molar refractivity (Wildman–Crippen MR) is 67.8 cm³/mol. The lowest BCUT2D eigenvalue weighted by Gasteiger charge is -2.11. The molecule has 0 amide bonds. The molecule has 90 valence electrons. The molecule has 0 saturated heterocycles. The second kappa shape index (κ2) is 4.72. The number of aliphatic hydroxyl groups excluding tert-OH is 1. The molecule has 0 aliphatic carbocycles. The van der Waals surface area contributed by atoms with E-state index in [1.807, 2.05) is 32.3 Å². The second-order valence-electron chi connectivity index (χ2n) is 4.34. The van der Waals surface area contributed by atoms with Gasteiger partial charge in [-0.3, -0.25) is 4.68 Å². The molecule has 1 aromatic carbocycles. The molecule has 0 saturated carbocycles. The highest BCUT2D eigenvalue weighted by Crippen LogP contribution is 2.24. The van der Waals surface area contributed by atoms with Crippen LogP contribution in [0, 0.1) is 6.92 Å². The number of benzene rings is 1. The molecular formula is C14H18N2O. The fourth-order valence-electron chi connectivity index (χ4n) is 2.05. The third-order valence-corrected chi connectivity index (χ3v) is 3.02. The van der Waals surface area contributed by atoms with E-state index in [4.69, 9.17) is 0 Å². The van der Waals surface area contributed by atoms with Gasteiger partial charge in [-0.1, -0.05) is 31.2 Å². The van der Waals surface area contributed by atoms with Crippen molar-refractivity contribution in [1.29, 1.82) is 0 Å². The van der Waals surface area contributed by atoms with Crippen LogP contribution in [0.4, 0.5) is 0 Å². The lowest BCUT2D eigenvalue weighted by molar-refractivity contribution is 0.219. The molecule has 2 rings (SSSR count). The van der Waals surface area contributed by atoms with Gasteiger partial charge in [0, 0.05) is 18.8 Å². The molecule has 1 aromatic heterocycles. The monoisotopic (exact) mass is 230 g/mol. The maximum absolute atomic E-state index is 10.4. The maximum Gasteiger partial charge on any atom is 0.107 e. The molecule has 0 radical (unpaired) electrons. The van der Waals surface area contributed by atoms with Gasteiger partial charge in [0.05, 0.1) is 5.69 Å². The number of aromatic nitrogens is 2. The van der Waals surface area contributed by atoms with Gasteiger partial charge in [0.2, 0.25) is 0 Å². The highest BCUT2D eigenvalue weighted by atomic mass is 16.3. The number of nitrogens with zero attached hydrogens (tertiary/aromatic N) is 2. The molecule has 1 atom stereocenters. The molecule has 2 aromatic rings. The Hall–Kier alpha value is -1.61. The summed E-state index contributed by atoms with van der Waals surface area (Å²) in [7, 11) is 1.87. The Balaban J connectivity index is 2.36. The minimum absolute atomic E-state index is 0.588. The van der Waals surface area contributed by atoms with Crippen molar-refractivity contribution in [3.8, 4) is 0 Å². The lowest BCUT2D eigenvalue weighted by Crippen LogP contribution is -2.00. The van der Waals surface area contributed by atoms with Gasteiger partial charge in [-0.2, -0.15) is 5.10 Å². The quantitative estimate of drug-likeness (QED) is 0.879. The van der Waals surface area contributed by atoms with Crippen molar-refractivity contribution >= 4 is 0 Å². The van der Waals surface area contributed by atoms with E-state index in [9.17, 15) is 5.11 Å². The molecule has 0 aliphatic heterocycles. The molecule has 1 N–H and O–H groups in total. The number of rotatable bonds is 3. The summed E-state index contributed by atoms with van der Waals surface area (Å²) < 4.78 is 1.73. The van der Waals surface area contributed by atoms with Crippen LogP contribution in [-0.2, 0) is 13.5 Å². The average Bonchev–Trinajstić information content (AvgIpc) is 2.67. The van der Waals surface area contributed by atoms with E-state index in [-0.39, 0.29) is 0 Å². The summed E-state index contributed by atoms with van der Waals surface area (Å²) in [6, 6.07) is 8.07. The Morgan fingerprint density at radius 1 is 1.41 bits per heavy atom. The Kier molecular flexibility index (Phi) is 3.29.